The second-order valence-corrected chi connectivity index (χ2v) is 6.31. The molecule has 2 N–H and O–H groups in total. The molecule has 0 spiro atoms. The SMILES string of the molecule is CCC(CC)(CC)CNC(=O)c1cn(C2CCNCC2)nn1. The molecule has 2 rings (SSSR count). The minimum atomic E-state index is -0.111. The molecule has 0 aliphatic carbocycles. The molecule has 1 aliphatic heterocycles. The fourth-order valence-electron chi connectivity index (χ4n) is 3.11. The Bertz CT molecular complexity index is 466. The van der Waals surface area contributed by atoms with Crippen molar-refractivity contribution < 1.29 is 4.79 Å². The lowest BCUT2D eigenvalue weighted by molar-refractivity contribution is 0.0918. The van der Waals surface area contributed by atoms with Gasteiger partial charge in [-0.2, -0.15) is 0 Å². The van der Waals surface area contributed by atoms with Crippen molar-refractivity contribution in [2.45, 2.75) is 58.9 Å². The third-order valence-corrected chi connectivity index (χ3v) is 5.30. The molecule has 1 amide bonds. The van der Waals surface area contributed by atoms with Crippen LogP contribution in [-0.4, -0.2) is 40.5 Å². The average Bonchev–Trinajstić information content (AvgIpc) is 3.07. The third-order valence-electron chi connectivity index (χ3n) is 5.30. The van der Waals surface area contributed by atoms with E-state index in [4.69, 9.17) is 0 Å². The molecule has 1 fully saturated rings. The maximum Gasteiger partial charge on any atom is 0.273 e. The van der Waals surface area contributed by atoms with Crippen LogP contribution in [0.2, 0.25) is 0 Å². The van der Waals surface area contributed by atoms with Crippen molar-refractivity contribution in [3.63, 3.8) is 0 Å². The van der Waals surface area contributed by atoms with Crippen LogP contribution in [-0.2, 0) is 0 Å². The summed E-state index contributed by atoms with van der Waals surface area (Å²) in [7, 11) is 0. The smallest absolute Gasteiger partial charge is 0.273 e. The summed E-state index contributed by atoms with van der Waals surface area (Å²) in [5.74, 6) is -0.111. The topological polar surface area (TPSA) is 71.8 Å². The van der Waals surface area contributed by atoms with E-state index in [-0.39, 0.29) is 11.3 Å². The molecule has 0 radical (unpaired) electrons. The molecule has 1 saturated heterocycles. The second kappa shape index (κ2) is 7.72. The van der Waals surface area contributed by atoms with Gasteiger partial charge in [0.25, 0.3) is 5.91 Å². The van der Waals surface area contributed by atoms with Gasteiger partial charge in [-0.25, -0.2) is 4.68 Å². The molecule has 1 aromatic heterocycles. The van der Waals surface area contributed by atoms with Crippen LogP contribution >= 0.6 is 0 Å². The number of aromatic nitrogens is 3. The highest BCUT2D eigenvalue weighted by molar-refractivity contribution is 5.91. The molecular formula is C16H29N5O. The van der Waals surface area contributed by atoms with Crippen LogP contribution in [0.3, 0.4) is 0 Å². The zero-order valence-electron chi connectivity index (χ0n) is 14.1. The highest BCUT2D eigenvalue weighted by Gasteiger charge is 2.25. The van der Waals surface area contributed by atoms with Crippen molar-refractivity contribution in [3.8, 4) is 0 Å². The molecule has 0 aromatic carbocycles. The molecule has 22 heavy (non-hydrogen) atoms. The van der Waals surface area contributed by atoms with Gasteiger partial charge in [-0.05, 0) is 50.6 Å². The minimum absolute atomic E-state index is 0.111. The van der Waals surface area contributed by atoms with Crippen LogP contribution in [0.5, 0.6) is 0 Å². The number of amides is 1. The van der Waals surface area contributed by atoms with E-state index in [1.807, 2.05) is 4.68 Å². The normalized spacial score (nSPS) is 16.7. The van der Waals surface area contributed by atoms with Crippen LogP contribution in [0, 0.1) is 5.41 Å². The molecule has 1 aliphatic rings. The Balaban J connectivity index is 1.94. The lowest BCUT2D eigenvalue weighted by atomic mass is 9.80. The van der Waals surface area contributed by atoms with Crippen LogP contribution in [0.1, 0.15) is 69.4 Å². The molecule has 6 heteroatoms. The summed E-state index contributed by atoms with van der Waals surface area (Å²) in [6, 6.07) is 0.358. The number of carbonyl (C=O) groups is 1. The first kappa shape index (κ1) is 16.9. The van der Waals surface area contributed by atoms with E-state index >= 15 is 0 Å². The maximum atomic E-state index is 12.3. The quantitative estimate of drug-likeness (QED) is 0.809. The van der Waals surface area contributed by atoms with Gasteiger partial charge in [0.15, 0.2) is 5.69 Å². The Labute approximate surface area is 133 Å². The Hall–Kier alpha value is -1.43. The number of rotatable bonds is 7. The predicted molar refractivity (Wildman–Crippen MR) is 86.8 cm³/mol. The van der Waals surface area contributed by atoms with Gasteiger partial charge in [-0.15, -0.1) is 5.10 Å². The van der Waals surface area contributed by atoms with Crippen molar-refractivity contribution in [2.75, 3.05) is 19.6 Å². The number of hydrogen-bond donors (Lipinski definition) is 2. The van der Waals surface area contributed by atoms with E-state index in [1.54, 1.807) is 6.20 Å². The van der Waals surface area contributed by atoms with Crippen molar-refractivity contribution >= 4 is 5.91 Å². The van der Waals surface area contributed by atoms with E-state index in [0.29, 0.717) is 18.3 Å². The van der Waals surface area contributed by atoms with Crippen molar-refractivity contribution in [3.05, 3.63) is 11.9 Å². The zero-order valence-corrected chi connectivity index (χ0v) is 14.1. The summed E-state index contributed by atoms with van der Waals surface area (Å²) < 4.78 is 1.85. The summed E-state index contributed by atoms with van der Waals surface area (Å²) in [5, 5.41) is 14.6. The summed E-state index contributed by atoms with van der Waals surface area (Å²) in [6.45, 7) is 9.26. The fourth-order valence-corrected chi connectivity index (χ4v) is 3.11. The van der Waals surface area contributed by atoms with E-state index in [9.17, 15) is 4.79 Å². The average molecular weight is 307 g/mol. The Kier molecular flexibility index (Phi) is 5.94. The van der Waals surface area contributed by atoms with Gasteiger partial charge in [0.2, 0.25) is 0 Å². The number of carbonyl (C=O) groups excluding carboxylic acids is 1. The van der Waals surface area contributed by atoms with Gasteiger partial charge in [0.1, 0.15) is 0 Å². The van der Waals surface area contributed by atoms with Gasteiger partial charge in [0.05, 0.1) is 12.2 Å². The van der Waals surface area contributed by atoms with Gasteiger partial charge >= 0.3 is 0 Å². The molecule has 2 heterocycles. The molecule has 0 saturated carbocycles. The first-order valence-electron chi connectivity index (χ1n) is 8.55. The zero-order chi connectivity index (χ0) is 16.0. The summed E-state index contributed by atoms with van der Waals surface area (Å²) in [4.78, 5) is 12.3. The minimum Gasteiger partial charge on any atom is -0.350 e. The number of nitrogens with one attached hydrogen (secondary N) is 2. The highest BCUT2D eigenvalue weighted by Crippen LogP contribution is 2.29. The molecule has 0 unspecified atom stereocenters. The van der Waals surface area contributed by atoms with Crippen molar-refractivity contribution in [1.29, 1.82) is 0 Å². The molecule has 0 atom stereocenters. The third kappa shape index (κ3) is 3.85. The molecule has 6 nitrogen and oxygen atoms in total. The van der Waals surface area contributed by atoms with Gasteiger partial charge in [-0.3, -0.25) is 4.79 Å². The van der Waals surface area contributed by atoms with Crippen LogP contribution < -0.4 is 10.6 Å². The summed E-state index contributed by atoms with van der Waals surface area (Å²) >= 11 is 0. The molecule has 1 aromatic rings. The first-order valence-corrected chi connectivity index (χ1v) is 8.55. The van der Waals surface area contributed by atoms with E-state index in [1.165, 1.54) is 0 Å². The van der Waals surface area contributed by atoms with Gasteiger partial charge in [0, 0.05) is 6.54 Å². The van der Waals surface area contributed by atoms with E-state index in [2.05, 4.69) is 41.7 Å². The first-order chi connectivity index (χ1) is 10.6. The molecule has 124 valence electrons. The lowest BCUT2D eigenvalue weighted by Crippen LogP contribution is -2.36. The number of nitrogens with zero attached hydrogens (tertiary/aromatic N) is 3. The van der Waals surface area contributed by atoms with Crippen molar-refractivity contribution in [1.82, 2.24) is 25.6 Å². The maximum absolute atomic E-state index is 12.3. The van der Waals surface area contributed by atoms with E-state index in [0.717, 1.165) is 45.2 Å². The second-order valence-electron chi connectivity index (χ2n) is 6.31. The predicted octanol–water partition coefficient (Wildman–Crippen LogP) is 2.15. The van der Waals surface area contributed by atoms with E-state index < -0.39 is 0 Å². The summed E-state index contributed by atoms with van der Waals surface area (Å²) in [5.41, 5.74) is 0.622. The summed E-state index contributed by atoms with van der Waals surface area (Å²) in [6.07, 6.45) is 7.08. The monoisotopic (exact) mass is 307 g/mol. The Morgan fingerprint density at radius 2 is 1.95 bits per heavy atom. The fraction of sp³-hybridized carbons (Fsp3) is 0.812. The van der Waals surface area contributed by atoms with Crippen molar-refractivity contribution in [2.24, 2.45) is 5.41 Å². The lowest BCUT2D eigenvalue weighted by Gasteiger charge is -2.30. The van der Waals surface area contributed by atoms with Crippen LogP contribution in [0.4, 0.5) is 0 Å². The molecular weight excluding hydrogens is 278 g/mol. The van der Waals surface area contributed by atoms with Gasteiger partial charge in [-0.1, -0.05) is 26.0 Å². The Morgan fingerprint density at radius 1 is 1.32 bits per heavy atom. The molecule has 0 bridgehead atoms. The Morgan fingerprint density at radius 3 is 2.55 bits per heavy atom. The largest absolute Gasteiger partial charge is 0.350 e. The number of piperidine rings is 1. The standard InChI is InChI=1S/C16H29N5O/c1-4-16(5-2,6-3)12-18-15(22)14-11-21(20-19-14)13-7-9-17-10-8-13/h11,13,17H,4-10,12H2,1-3H3,(H,18,22). The van der Waals surface area contributed by atoms with Gasteiger partial charge < -0.3 is 10.6 Å². The van der Waals surface area contributed by atoms with Crippen LogP contribution in [0.15, 0.2) is 6.20 Å². The highest BCUT2D eigenvalue weighted by atomic mass is 16.2. The van der Waals surface area contributed by atoms with Crippen LogP contribution in [0.25, 0.3) is 0 Å². The number of hydrogen-bond acceptors (Lipinski definition) is 4.